The van der Waals surface area contributed by atoms with Crippen molar-refractivity contribution in [3.05, 3.63) is 36.4 Å². The quantitative estimate of drug-likeness (QED) is 0.783. The molecular formula is C16H24N2O2. The summed E-state index contributed by atoms with van der Waals surface area (Å²) in [6.07, 6.45) is 2.86. The van der Waals surface area contributed by atoms with Gasteiger partial charge in [0, 0.05) is 32.2 Å². The first kappa shape index (κ1) is 14.9. The van der Waals surface area contributed by atoms with Crippen molar-refractivity contribution in [1.29, 1.82) is 0 Å². The number of hydrogen-bond donors (Lipinski definition) is 2. The summed E-state index contributed by atoms with van der Waals surface area (Å²) in [5, 5.41) is 13.2. The van der Waals surface area contributed by atoms with E-state index >= 15 is 0 Å². The number of phenols is 1. The summed E-state index contributed by atoms with van der Waals surface area (Å²) < 4.78 is 5.49. The van der Waals surface area contributed by atoms with Crippen molar-refractivity contribution in [3.8, 4) is 11.5 Å². The maximum Gasteiger partial charge on any atom is 0.161 e. The topological polar surface area (TPSA) is 44.7 Å². The Labute approximate surface area is 121 Å². The highest BCUT2D eigenvalue weighted by molar-refractivity contribution is 5.43. The second-order valence-electron chi connectivity index (χ2n) is 4.99. The lowest BCUT2D eigenvalue weighted by atomic mass is 10.0. The average Bonchev–Trinajstić information content (AvgIpc) is 2.48. The molecule has 0 bridgehead atoms. The second kappa shape index (κ2) is 7.31. The molecule has 4 heteroatoms. The van der Waals surface area contributed by atoms with Gasteiger partial charge in [-0.15, -0.1) is 6.58 Å². The van der Waals surface area contributed by atoms with Gasteiger partial charge in [0.2, 0.25) is 0 Å². The van der Waals surface area contributed by atoms with E-state index in [1.807, 2.05) is 25.1 Å². The molecule has 1 aromatic rings. The fraction of sp³-hybridized carbons (Fsp3) is 0.500. The first-order chi connectivity index (χ1) is 9.76. The van der Waals surface area contributed by atoms with Crippen molar-refractivity contribution in [3.63, 3.8) is 0 Å². The Balaban J connectivity index is 2.23. The van der Waals surface area contributed by atoms with Crippen LogP contribution in [0.15, 0.2) is 30.9 Å². The third kappa shape index (κ3) is 3.52. The lowest BCUT2D eigenvalue weighted by molar-refractivity contribution is 0.174. The third-order valence-corrected chi connectivity index (χ3v) is 3.65. The fourth-order valence-corrected chi connectivity index (χ4v) is 2.66. The van der Waals surface area contributed by atoms with E-state index in [9.17, 15) is 5.11 Å². The smallest absolute Gasteiger partial charge is 0.161 e. The minimum Gasteiger partial charge on any atom is -0.504 e. The SMILES string of the molecule is C=CC[C@H](c1ccc(O)c(OCC)c1)N1CCNCC1. The highest BCUT2D eigenvalue weighted by atomic mass is 16.5. The molecule has 1 aliphatic rings. The van der Waals surface area contributed by atoms with Gasteiger partial charge in [-0.2, -0.15) is 0 Å². The lowest BCUT2D eigenvalue weighted by Crippen LogP contribution is -2.45. The maximum absolute atomic E-state index is 9.82. The van der Waals surface area contributed by atoms with Crippen LogP contribution in [0.25, 0.3) is 0 Å². The van der Waals surface area contributed by atoms with Crippen molar-refractivity contribution < 1.29 is 9.84 Å². The highest BCUT2D eigenvalue weighted by Crippen LogP contribution is 2.33. The molecule has 4 nitrogen and oxygen atoms in total. The first-order valence-electron chi connectivity index (χ1n) is 7.27. The van der Waals surface area contributed by atoms with Crippen molar-refractivity contribution in [2.75, 3.05) is 32.8 Å². The Hall–Kier alpha value is -1.52. The summed E-state index contributed by atoms with van der Waals surface area (Å²) in [5.74, 6) is 0.766. The molecule has 0 amide bonds. The van der Waals surface area contributed by atoms with Gasteiger partial charge in [0.1, 0.15) is 0 Å². The van der Waals surface area contributed by atoms with Crippen LogP contribution < -0.4 is 10.1 Å². The molecule has 2 N–H and O–H groups in total. The van der Waals surface area contributed by atoms with Gasteiger partial charge in [-0.05, 0) is 31.0 Å². The Bertz CT molecular complexity index is 442. The minimum absolute atomic E-state index is 0.202. The van der Waals surface area contributed by atoms with Crippen LogP contribution in [0.5, 0.6) is 11.5 Å². The van der Waals surface area contributed by atoms with E-state index < -0.39 is 0 Å². The Morgan fingerprint density at radius 3 is 2.85 bits per heavy atom. The average molecular weight is 276 g/mol. The van der Waals surface area contributed by atoms with Crippen molar-refractivity contribution >= 4 is 0 Å². The Morgan fingerprint density at radius 1 is 1.45 bits per heavy atom. The normalized spacial score (nSPS) is 17.6. The van der Waals surface area contributed by atoms with Gasteiger partial charge in [-0.25, -0.2) is 0 Å². The fourth-order valence-electron chi connectivity index (χ4n) is 2.66. The van der Waals surface area contributed by atoms with Gasteiger partial charge in [0.05, 0.1) is 6.61 Å². The third-order valence-electron chi connectivity index (χ3n) is 3.65. The maximum atomic E-state index is 9.82. The number of hydrogen-bond acceptors (Lipinski definition) is 4. The second-order valence-corrected chi connectivity index (χ2v) is 4.99. The van der Waals surface area contributed by atoms with Gasteiger partial charge in [-0.3, -0.25) is 4.90 Å². The number of nitrogens with zero attached hydrogens (tertiary/aromatic N) is 1. The predicted octanol–water partition coefficient (Wildman–Crippen LogP) is 2.31. The Kier molecular flexibility index (Phi) is 5.44. The predicted molar refractivity (Wildman–Crippen MR) is 81.3 cm³/mol. The molecule has 0 unspecified atom stereocenters. The molecule has 0 aliphatic carbocycles. The van der Waals surface area contributed by atoms with Crippen LogP contribution in [0.2, 0.25) is 0 Å². The van der Waals surface area contributed by atoms with E-state index in [4.69, 9.17) is 4.74 Å². The number of ether oxygens (including phenoxy) is 1. The standard InChI is InChI=1S/C16H24N2O2/c1-3-5-14(18-10-8-17-9-11-18)13-6-7-15(19)16(12-13)20-4-2/h3,6-7,12,14,17,19H,1,4-5,8-11H2,2H3/t14-/m1/s1. The number of aromatic hydroxyl groups is 1. The highest BCUT2D eigenvalue weighted by Gasteiger charge is 2.22. The molecule has 0 aromatic heterocycles. The summed E-state index contributed by atoms with van der Waals surface area (Å²) in [6.45, 7) is 10.4. The molecule has 2 rings (SSSR count). The van der Waals surface area contributed by atoms with Crippen LogP contribution in [-0.2, 0) is 0 Å². The summed E-state index contributed by atoms with van der Waals surface area (Å²) >= 11 is 0. The first-order valence-corrected chi connectivity index (χ1v) is 7.27. The van der Waals surface area contributed by atoms with E-state index in [2.05, 4.69) is 16.8 Å². The molecule has 0 radical (unpaired) electrons. The number of nitrogens with one attached hydrogen (secondary N) is 1. The molecular weight excluding hydrogens is 252 g/mol. The number of piperazine rings is 1. The molecule has 20 heavy (non-hydrogen) atoms. The molecule has 1 aliphatic heterocycles. The van der Waals surface area contributed by atoms with Crippen LogP contribution in [0.4, 0.5) is 0 Å². The molecule has 1 fully saturated rings. The van der Waals surface area contributed by atoms with Crippen LogP contribution in [-0.4, -0.2) is 42.8 Å². The van der Waals surface area contributed by atoms with E-state index in [1.54, 1.807) is 6.07 Å². The van der Waals surface area contributed by atoms with Crippen LogP contribution in [0, 0.1) is 0 Å². The van der Waals surface area contributed by atoms with E-state index in [0.29, 0.717) is 18.4 Å². The van der Waals surface area contributed by atoms with Crippen molar-refractivity contribution in [1.82, 2.24) is 10.2 Å². The van der Waals surface area contributed by atoms with Gasteiger partial charge in [-0.1, -0.05) is 12.1 Å². The summed E-state index contributed by atoms with van der Waals surface area (Å²) in [7, 11) is 0. The van der Waals surface area contributed by atoms with Crippen LogP contribution in [0.1, 0.15) is 24.9 Å². The van der Waals surface area contributed by atoms with E-state index in [0.717, 1.165) is 32.6 Å². The molecule has 0 saturated carbocycles. The largest absolute Gasteiger partial charge is 0.504 e. The zero-order valence-corrected chi connectivity index (χ0v) is 12.1. The zero-order valence-electron chi connectivity index (χ0n) is 12.1. The van der Waals surface area contributed by atoms with Gasteiger partial charge in [0.15, 0.2) is 11.5 Å². The van der Waals surface area contributed by atoms with E-state index in [1.165, 1.54) is 5.56 Å². The van der Waals surface area contributed by atoms with E-state index in [-0.39, 0.29) is 5.75 Å². The lowest BCUT2D eigenvalue weighted by Gasteiger charge is -2.35. The minimum atomic E-state index is 0.202. The van der Waals surface area contributed by atoms with Gasteiger partial charge in [0.25, 0.3) is 0 Å². The molecule has 0 spiro atoms. The Morgan fingerprint density at radius 2 is 2.20 bits per heavy atom. The number of phenolic OH excluding ortho intramolecular Hbond substituents is 1. The molecule has 1 saturated heterocycles. The molecule has 1 aromatic carbocycles. The van der Waals surface area contributed by atoms with Crippen molar-refractivity contribution in [2.45, 2.75) is 19.4 Å². The monoisotopic (exact) mass is 276 g/mol. The number of rotatable bonds is 6. The molecule has 110 valence electrons. The van der Waals surface area contributed by atoms with Gasteiger partial charge < -0.3 is 15.2 Å². The molecule has 1 heterocycles. The van der Waals surface area contributed by atoms with Crippen molar-refractivity contribution in [2.24, 2.45) is 0 Å². The van der Waals surface area contributed by atoms with Gasteiger partial charge >= 0.3 is 0 Å². The van der Waals surface area contributed by atoms with Crippen LogP contribution >= 0.6 is 0 Å². The summed E-state index contributed by atoms with van der Waals surface area (Å²) in [4.78, 5) is 2.46. The zero-order chi connectivity index (χ0) is 14.4. The molecule has 1 atom stereocenters. The number of benzene rings is 1. The van der Waals surface area contributed by atoms with Crippen LogP contribution in [0.3, 0.4) is 0 Å². The summed E-state index contributed by atoms with van der Waals surface area (Å²) in [5.41, 5.74) is 1.17. The summed E-state index contributed by atoms with van der Waals surface area (Å²) in [6, 6.07) is 5.95.